The summed E-state index contributed by atoms with van der Waals surface area (Å²) in [4.78, 5) is 22.7. The second kappa shape index (κ2) is 5.48. The van der Waals surface area contributed by atoms with E-state index in [-0.39, 0.29) is 17.9 Å². The maximum absolute atomic E-state index is 11.8. The fourth-order valence-corrected chi connectivity index (χ4v) is 2.11. The number of amides is 2. The number of rotatable bonds is 3. The van der Waals surface area contributed by atoms with Crippen LogP contribution in [0.3, 0.4) is 0 Å². The van der Waals surface area contributed by atoms with Gasteiger partial charge in [-0.15, -0.1) is 0 Å². The first-order valence-electron chi connectivity index (χ1n) is 5.48. The molecule has 0 aromatic heterocycles. The van der Waals surface area contributed by atoms with Gasteiger partial charge in [-0.1, -0.05) is 0 Å². The second-order valence-corrected chi connectivity index (χ2v) is 5.27. The third-order valence-corrected chi connectivity index (χ3v) is 3.42. The van der Waals surface area contributed by atoms with Gasteiger partial charge in [0.2, 0.25) is 5.91 Å². The van der Waals surface area contributed by atoms with Gasteiger partial charge in [-0.25, -0.2) is 0 Å². The molecule has 2 N–H and O–H groups in total. The molecule has 2 rings (SSSR count). The van der Waals surface area contributed by atoms with Crippen LogP contribution in [0.1, 0.15) is 23.2 Å². The van der Waals surface area contributed by atoms with Crippen LogP contribution in [-0.2, 0) is 4.79 Å². The number of benzene rings is 1. The Balaban J connectivity index is 1.85. The van der Waals surface area contributed by atoms with E-state index in [2.05, 4.69) is 33.2 Å². The lowest BCUT2D eigenvalue weighted by Crippen LogP contribution is -2.38. The number of hydrogen-bond donors (Lipinski definition) is 2. The highest BCUT2D eigenvalue weighted by Gasteiger charge is 2.20. The fourth-order valence-electron chi connectivity index (χ4n) is 1.75. The highest BCUT2D eigenvalue weighted by molar-refractivity contribution is 14.1. The Labute approximate surface area is 113 Å². The smallest absolute Gasteiger partial charge is 0.251 e. The van der Waals surface area contributed by atoms with Crippen molar-refractivity contribution in [3.05, 3.63) is 33.4 Å². The highest BCUT2D eigenvalue weighted by atomic mass is 127. The molecule has 1 aliphatic rings. The molecule has 1 aromatic carbocycles. The molecule has 5 heteroatoms. The summed E-state index contributed by atoms with van der Waals surface area (Å²) in [7, 11) is 0. The van der Waals surface area contributed by atoms with Gasteiger partial charge in [-0.2, -0.15) is 0 Å². The average Bonchev–Trinajstić information content (AvgIpc) is 2.73. The van der Waals surface area contributed by atoms with E-state index in [4.69, 9.17) is 0 Å². The van der Waals surface area contributed by atoms with Gasteiger partial charge < -0.3 is 10.6 Å². The Hall–Kier alpha value is -1.11. The van der Waals surface area contributed by atoms with Crippen molar-refractivity contribution in [2.45, 2.75) is 18.9 Å². The summed E-state index contributed by atoms with van der Waals surface area (Å²) in [5, 5.41) is 5.64. The molecule has 1 heterocycles. The Bertz CT molecular complexity index is 431. The van der Waals surface area contributed by atoms with Crippen LogP contribution in [0.5, 0.6) is 0 Å². The molecule has 1 atom stereocenters. The van der Waals surface area contributed by atoms with Gasteiger partial charge in [0.25, 0.3) is 5.91 Å². The van der Waals surface area contributed by atoms with E-state index >= 15 is 0 Å². The summed E-state index contributed by atoms with van der Waals surface area (Å²) in [6, 6.07) is 7.46. The minimum atomic E-state index is -0.0949. The van der Waals surface area contributed by atoms with Crippen LogP contribution < -0.4 is 10.6 Å². The first kappa shape index (κ1) is 12.3. The predicted octanol–water partition coefficient (Wildman–Crippen LogP) is 1.30. The van der Waals surface area contributed by atoms with Crippen molar-refractivity contribution in [2.24, 2.45) is 0 Å². The van der Waals surface area contributed by atoms with Crippen molar-refractivity contribution < 1.29 is 9.59 Å². The lowest BCUT2D eigenvalue weighted by Gasteiger charge is -2.11. The molecule has 1 fully saturated rings. The zero-order valence-electron chi connectivity index (χ0n) is 9.20. The number of hydrogen-bond acceptors (Lipinski definition) is 2. The standard InChI is InChI=1S/C12H13IN2O2/c13-9-3-1-8(2-4-9)12(17)14-7-10-5-6-11(16)15-10/h1-4,10H,5-7H2,(H,14,17)(H,15,16). The molecular weight excluding hydrogens is 331 g/mol. The first-order chi connectivity index (χ1) is 8.15. The van der Waals surface area contributed by atoms with Crippen molar-refractivity contribution in [1.29, 1.82) is 0 Å². The summed E-state index contributed by atoms with van der Waals surface area (Å²) >= 11 is 2.20. The lowest BCUT2D eigenvalue weighted by molar-refractivity contribution is -0.119. The monoisotopic (exact) mass is 344 g/mol. The minimum absolute atomic E-state index is 0.0681. The van der Waals surface area contributed by atoms with Gasteiger partial charge in [-0.05, 0) is 53.3 Å². The van der Waals surface area contributed by atoms with Crippen LogP contribution in [0, 0.1) is 3.57 Å². The Morgan fingerprint density at radius 1 is 1.41 bits per heavy atom. The first-order valence-corrected chi connectivity index (χ1v) is 6.56. The van der Waals surface area contributed by atoms with Crippen molar-refractivity contribution in [1.82, 2.24) is 10.6 Å². The summed E-state index contributed by atoms with van der Waals surface area (Å²) < 4.78 is 1.10. The lowest BCUT2D eigenvalue weighted by atomic mass is 10.2. The largest absolute Gasteiger partial charge is 0.352 e. The van der Waals surface area contributed by atoms with Crippen LogP contribution >= 0.6 is 22.6 Å². The van der Waals surface area contributed by atoms with E-state index < -0.39 is 0 Å². The molecule has 2 amide bonds. The average molecular weight is 344 g/mol. The highest BCUT2D eigenvalue weighted by Crippen LogP contribution is 2.08. The van der Waals surface area contributed by atoms with Gasteiger partial charge in [-0.3, -0.25) is 9.59 Å². The zero-order chi connectivity index (χ0) is 12.3. The van der Waals surface area contributed by atoms with Gasteiger partial charge >= 0.3 is 0 Å². The van der Waals surface area contributed by atoms with E-state index in [0.29, 0.717) is 18.5 Å². The predicted molar refractivity (Wildman–Crippen MR) is 72.7 cm³/mol. The Morgan fingerprint density at radius 3 is 2.71 bits per heavy atom. The molecule has 0 spiro atoms. The Morgan fingerprint density at radius 2 is 2.12 bits per heavy atom. The quantitative estimate of drug-likeness (QED) is 0.813. The molecule has 1 unspecified atom stereocenters. The maximum Gasteiger partial charge on any atom is 0.251 e. The summed E-state index contributed by atoms with van der Waals surface area (Å²) in [6.45, 7) is 0.497. The molecule has 1 aromatic rings. The number of nitrogens with one attached hydrogen (secondary N) is 2. The number of carbonyl (C=O) groups is 2. The van der Waals surface area contributed by atoms with Crippen molar-refractivity contribution in [3.8, 4) is 0 Å². The molecule has 0 saturated carbocycles. The SMILES string of the molecule is O=C1CCC(CNC(=O)c2ccc(I)cc2)N1. The molecule has 1 aliphatic heterocycles. The number of carbonyl (C=O) groups excluding carboxylic acids is 2. The molecular formula is C12H13IN2O2. The summed E-state index contributed by atoms with van der Waals surface area (Å²) in [6.07, 6.45) is 1.36. The molecule has 0 bridgehead atoms. The van der Waals surface area contributed by atoms with Crippen LogP contribution in [0.25, 0.3) is 0 Å². The molecule has 4 nitrogen and oxygen atoms in total. The zero-order valence-corrected chi connectivity index (χ0v) is 11.4. The van der Waals surface area contributed by atoms with E-state index in [1.54, 1.807) is 12.1 Å². The summed E-state index contributed by atoms with van der Waals surface area (Å²) in [5.41, 5.74) is 0.648. The normalized spacial score (nSPS) is 18.9. The van der Waals surface area contributed by atoms with Crippen LogP contribution in [-0.4, -0.2) is 24.4 Å². The van der Waals surface area contributed by atoms with Crippen LogP contribution in [0.15, 0.2) is 24.3 Å². The maximum atomic E-state index is 11.8. The molecule has 90 valence electrons. The van der Waals surface area contributed by atoms with E-state index in [9.17, 15) is 9.59 Å². The molecule has 1 saturated heterocycles. The van der Waals surface area contributed by atoms with Gasteiger partial charge in [0.15, 0.2) is 0 Å². The van der Waals surface area contributed by atoms with Crippen LogP contribution in [0.2, 0.25) is 0 Å². The van der Waals surface area contributed by atoms with Gasteiger partial charge in [0.1, 0.15) is 0 Å². The Kier molecular flexibility index (Phi) is 3.98. The van der Waals surface area contributed by atoms with Crippen molar-refractivity contribution >= 4 is 34.4 Å². The summed E-state index contributed by atoms with van der Waals surface area (Å²) in [5.74, 6) is -0.0268. The molecule has 17 heavy (non-hydrogen) atoms. The van der Waals surface area contributed by atoms with Gasteiger partial charge in [0.05, 0.1) is 0 Å². The topological polar surface area (TPSA) is 58.2 Å². The third kappa shape index (κ3) is 3.42. The third-order valence-electron chi connectivity index (χ3n) is 2.70. The van der Waals surface area contributed by atoms with E-state index in [0.717, 1.165) is 9.99 Å². The van der Waals surface area contributed by atoms with E-state index in [1.165, 1.54) is 0 Å². The van der Waals surface area contributed by atoms with Gasteiger partial charge in [0, 0.05) is 28.1 Å². The number of halogens is 1. The van der Waals surface area contributed by atoms with Crippen LogP contribution in [0.4, 0.5) is 0 Å². The van der Waals surface area contributed by atoms with Crippen molar-refractivity contribution in [3.63, 3.8) is 0 Å². The molecule has 0 aliphatic carbocycles. The molecule has 0 radical (unpaired) electrons. The fraction of sp³-hybridized carbons (Fsp3) is 0.333. The second-order valence-electron chi connectivity index (χ2n) is 4.02. The minimum Gasteiger partial charge on any atom is -0.352 e. The van der Waals surface area contributed by atoms with Crippen molar-refractivity contribution in [2.75, 3.05) is 6.54 Å². The van der Waals surface area contributed by atoms with E-state index in [1.807, 2.05) is 12.1 Å².